The fourth-order valence-electron chi connectivity index (χ4n) is 2.68. The number of para-hydroxylation sites is 1. The number of nitrogens with two attached hydrogens (primary N) is 1. The molecular weight excluding hydrogens is 314 g/mol. The van der Waals surface area contributed by atoms with E-state index in [1.165, 1.54) is 23.5 Å². The first-order chi connectivity index (χ1) is 11.8. The highest BCUT2D eigenvalue weighted by Crippen LogP contribution is 2.27. The second kappa shape index (κ2) is 8.60. The summed E-state index contributed by atoms with van der Waals surface area (Å²) in [5, 5.41) is 4.59. The van der Waals surface area contributed by atoms with Gasteiger partial charge in [0.1, 0.15) is 0 Å². The summed E-state index contributed by atoms with van der Waals surface area (Å²) < 4.78 is 0. The van der Waals surface area contributed by atoms with E-state index in [1.54, 1.807) is 6.20 Å². The van der Waals surface area contributed by atoms with Gasteiger partial charge in [-0.1, -0.05) is 42.8 Å². The van der Waals surface area contributed by atoms with E-state index in [-0.39, 0.29) is 0 Å². The smallest absolute Gasteiger partial charge is 0.0743 e. The number of rotatable bonds is 8. The van der Waals surface area contributed by atoms with E-state index in [4.69, 9.17) is 5.73 Å². The lowest BCUT2D eigenvalue weighted by molar-refractivity contribution is 0.750. The van der Waals surface area contributed by atoms with Crippen LogP contribution in [0, 0.1) is 0 Å². The van der Waals surface area contributed by atoms with Crippen LogP contribution in [-0.2, 0) is 0 Å². The fourth-order valence-corrected chi connectivity index (χ4v) is 3.61. The summed E-state index contributed by atoms with van der Waals surface area (Å²) in [7, 11) is 0. The van der Waals surface area contributed by atoms with Crippen molar-refractivity contribution in [3.05, 3.63) is 60.8 Å². The highest BCUT2D eigenvalue weighted by atomic mass is 32.2. The summed E-state index contributed by atoms with van der Waals surface area (Å²) in [5.74, 6) is 1.17. The Morgan fingerprint density at radius 2 is 1.71 bits per heavy atom. The van der Waals surface area contributed by atoms with Crippen LogP contribution in [0.4, 0.5) is 11.4 Å². The second-order valence-corrected chi connectivity index (χ2v) is 6.92. The molecule has 3 N–H and O–H groups in total. The van der Waals surface area contributed by atoms with Gasteiger partial charge in [-0.3, -0.25) is 4.98 Å². The molecule has 0 saturated heterocycles. The summed E-state index contributed by atoms with van der Waals surface area (Å²) >= 11 is 1.93. The topological polar surface area (TPSA) is 50.9 Å². The summed E-state index contributed by atoms with van der Waals surface area (Å²) in [6.07, 6.45) is 5.33. The van der Waals surface area contributed by atoms with Crippen LogP contribution in [0.25, 0.3) is 10.9 Å². The molecule has 3 aromatic rings. The number of benzene rings is 2. The Bertz CT molecular complexity index is 774. The minimum absolute atomic E-state index is 0.716. The minimum atomic E-state index is 0.716. The highest BCUT2D eigenvalue weighted by molar-refractivity contribution is 7.99. The second-order valence-electron chi connectivity index (χ2n) is 5.75. The van der Waals surface area contributed by atoms with Crippen LogP contribution in [0.1, 0.15) is 19.3 Å². The molecular formula is C20H23N3S. The van der Waals surface area contributed by atoms with Gasteiger partial charge in [-0.05, 0) is 36.8 Å². The van der Waals surface area contributed by atoms with Gasteiger partial charge in [-0.25, -0.2) is 0 Å². The molecule has 3 nitrogen and oxygen atoms in total. The van der Waals surface area contributed by atoms with Crippen molar-refractivity contribution in [1.29, 1.82) is 0 Å². The number of unbranched alkanes of at least 4 members (excludes halogenated alkanes) is 2. The summed E-state index contributed by atoms with van der Waals surface area (Å²) in [5.41, 5.74) is 8.79. The number of thioether (sulfide) groups is 1. The first-order valence-electron chi connectivity index (χ1n) is 8.39. The Balaban J connectivity index is 1.42. The number of anilines is 2. The number of hydrogen-bond acceptors (Lipinski definition) is 4. The molecule has 0 aliphatic rings. The first-order valence-corrected chi connectivity index (χ1v) is 9.38. The van der Waals surface area contributed by atoms with Gasteiger partial charge in [0.2, 0.25) is 0 Å². The van der Waals surface area contributed by atoms with Gasteiger partial charge in [0.15, 0.2) is 0 Å². The molecule has 4 heteroatoms. The molecule has 0 aliphatic heterocycles. The van der Waals surface area contributed by atoms with Crippen molar-refractivity contribution < 1.29 is 0 Å². The molecule has 0 radical (unpaired) electrons. The van der Waals surface area contributed by atoms with Gasteiger partial charge in [0.05, 0.1) is 23.1 Å². The van der Waals surface area contributed by atoms with Crippen LogP contribution in [0.15, 0.2) is 65.7 Å². The third kappa shape index (κ3) is 4.42. The monoisotopic (exact) mass is 337 g/mol. The number of nitrogen functional groups attached to an aromatic ring is 1. The molecule has 124 valence electrons. The predicted molar refractivity (Wildman–Crippen MR) is 106 cm³/mol. The van der Waals surface area contributed by atoms with Crippen LogP contribution < -0.4 is 11.1 Å². The normalized spacial score (nSPS) is 10.8. The third-order valence-corrected chi connectivity index (χ3v) is 5.04. The molecule has 1 aromatic heterocycles. The standard InChI is InChI=1S/C20H23N3S/c21-18-15-23-19-12-6-5-11-17(19)20(18)22-13-7-2-8-14-24-16-9-3-1-4-10-16/h1,3-6,9-12,15H,2,7-8,13-14,21H2,(H,22,23). The highest BCUT2D eigenvalue weighted by Gasteiger charge is 2.05. The van der Waals surface area contributed by atoms with E-state index in [1.807, 2.05) is 30.0 Å². The zero-order valence-corrected chi connectivity index (χ0v) is 14.6. The van der Waals surface area contributed by atoms with E-state index in [2.05, 4.69) is 46.7 Å². The molecule has 0 fully saturated rings. The van der Waals surface area contributed by atoms with E-state index in [0.717, 1.165) is 29.6 Å². The van der Waals surface area contributed by atoms with Gasteiger partial charge >= 0.3 is 0 Å². The average molecular weight is 337 g/mol. The van der Waals surface area contributed by atoms with Crippen molar-refractivity contribution in [2.75, 3.05) is 23.3 Å². The number of aromatic nitrogens is 1. The molecule has 0 bridgehead atoms. The maximum atomic E-state index is 6.09. The zero-order valence-electron chi connectivity index (χ0n) is 13.7. The number of nitrogens with zero attached hydrogens (tertiary/aromatic N) is 1. The van der Waals surface area contributed by atoms with Crippen molar-refractivity contribution in [3.8, 4) is 0 Å². The lowest BCUT2D eigenvalue weighted by atomic mass is 10.1. The van der Waals surface area contributed by atoms with E-state index in [0.29, 0.717) is 5.69 Å². The maximum Gasteiger partial charge on any atom is 0.0743 e. The van der Waals surface area contributed by atoms with E-state index in [9.17, 15) is 0 Å². The average Bonchev–Trinajstić information content (AvgIpc) is 2.63. The number of hydrogen-bond donors (Lipinski definition) is 2. The Morgan fingerprint density at radius 1 is 0.917 bits per heavy atom. The Kier molecular flexibility index (Phi) is 5.96. The Labute approximate surface area is 147 Å². The van der Waals surface area contributed by atoms with Crippen molar-refractivity contribution in [1.82, 2.24) is 4.98 Å². The quantitative estimate of drug-likeness (QED) is 0.438. The van der Waals surface area contributed by atoms with Gasteiger partial charge < -0.3 is 11.1 Å². The van der Waals surface area contributed by atoms with Crippen molar-refractivity contribution in [3.63, 3.8) is 0 Å². The maximum absolute atomic E-state index is 6.09. The molecule has 3 rings (SSSR count). The predicted octanol–water partition coefficient (Wildman–Crippen LogP) is 5.19. The zero-order chi connectivity index (χ0) is 16.6. The van der Waals surface area contributed by atoms with Crippen LogP contribution in [0.2, 0.25) is 0 Å². The summed E-state index contributed by atoms with van der Waals surface area (Å²) in [6.45, 7) is 0.939. The van der Waals surface area contributed by atoms with Gasteiger partial charge in [0.25, 0.3) is 0 Å². The lowest BCUT2D eigenvalue weighted by Gasteiger charge is -2.12. The largest absolute Gasteiger partial charge is 0.396 e. The van der Waals surface area contributed by atoms with Gasteiger partial charge in [-0.2, -0.15) is 0 Å². The molecule has 0 amide bonds. The first kappa shape index (κ1) is 16.7. The number of fused-ring (bicyclic) bond motifs is 1. The molecule has 0 unspecified atom stereocenters. The van der Waals surface area contributed by atoms with Crippen LogP contribution in [0.5, 0.6) is 0 Å². The molecule has 2 aromatic carbocycles. The van der Waals surface area contributed by atoms with Crippen molar-refractivity contribution in [2.45, 2.75) is 24.2 Å². The molecule has 1 heterocycles. The summed E-state index contributed by atoms with van der Waals surface area (Å²) in [4.78, 5) is 5.72. The molecule has 0 aliphatic carbocycles. The van der Waals surface area contributed by atoms with Gasteiger partial charge in [0, 0.05) is 16.8 Å². The Hall–Kier alpha value is -2.20. The van der Waals surface area contributed by atoms with Crippen LogP contribution >= 0.6 is 11.8 Å². The molecule has 0 saturated carbocycles. The number of pyridine rings is 1. The van der Waals surface area contributed by atoms with E-state index < -0.39 is 0 Å². The van der Waals surface area contributed by atoms with Crippen molar-refractivity contribution in [2.24, 2.45) is 0 Å². The fraction of sp³-hybridized carbons (Fsp3) is 0.250. The molecule has 0 atom stereocenters. The minimum Gasteiger partial charge on any atom is -0.396 e. The number of nitrogens with one attached hydrogen (secondary N) is 1. The van der Waals surface area contributed by atoms with Crippen molar-refractivity contribution >= 4 is 34.0 Å². The Morgan fingerprint density at radius 3 is 2.58 bits per heavy atom. The van der Waals surface area contributed by atoms with Crippen LogP contribution in [-0.4, -0.2) is 17.3 Å². The molecule has 0 spiro atoms. The van der Waals surface area contributed by atoms with E-state index >= 15 is 0 Å². The summed E-state index contributed by atoms with van der Waals surface area (Å²) in [6, 6.07) is 18.7. The lowest BCUT2D eigenvalue weighted by Crippen LogP contribution is -2.05. The molecule has 24 heavy (non-hydrogen) atoms. The SMILES string of the molecule is Nc1cnc2ccccc2c1NCCCCCSc1ccccc1. The van der Waals surface area contributed by atoms with Gasteiger partial charge in [-0.15, -0.1) is 11.8 Å². The van der Waals surface area contributed by atoms with Crippen LogP contribution in [0.3, 0.4) is 0 Å². The third-order valence-electron chi connectivity index (χ3n) is 3.94.